The fourth-order valence-electron chi connectivity index (χ4n) is 1.36. The van der Waals surface area contributed by atoms with E-state index in [1.54, 1.807) is 20.8 Å². The van der Waals surface area contributed by atoms with Gasteiger partial charge in [0, 0.05) is 6.54 Å². The molecule has 1 rings (SSSR count). The van der Waals surface area contributed by atoms with Gasteiger partial charge in [-0.2, -0.15) is 0 Å². The summed E-state index contributed by atoms with van der Waals surface area (Å²) in [6, 6.07) is -0.160. The van der Waals surface area contributed by atoms with E-state index in [1.807, 2.05) is 0 Å². The standard InChI is InChI=1S/C11H18ClNO4/c1-10(2,3)17-9(15)13-6-11(4-5-11)8(14)16-7-12/h4-7H2,1-3H3,(H,13,15). The van der Waals surface area contributed by atoms with Gasteiger partial charge >= 0.3 is 12.1 Å². The molecular weight excluding hydrogens is 246 g/mol. The molecule has 5 nitrogen and oxygen atoms in total. The van der Waals surface area contributed by atoms with Crippen LogP contribution in [0.5, 0.6) is 0 Å². The monoisotopic (exact) mass is 263 g/mol. The zero-order valence-electron chi connectivity index (χ0n) is 10.3. The number of halogens is 1. The number of hydrogen-bond donors (Lipinski definition) is 1. The summed E-state index contributed by atoms with van der Waals surface area (Å²) in [4.78, 5) is 22.9. The first kappa shape index (κ1) is 14.1. The molecule has 0 saturated heterocycles. The van der Waals surface area contributed by atoms with Crippen LogP contribution in [0, 0.1) is 5.41 Å². The van der Waals surface area contributed by atoms with Crippen molar-refractivity contribution in [1.82, 2.24) is 5.32 Å². The molecule has 1 saturated carbocycles. The van der Waals surface area contributed by atoms with Gasteiger partial charge in [-0.15, -0.1) is 0 Å². The van der Waals surface area contributed by atoms with Crippen LogP contribution in [0.2, 0.25) is 0 Å². The number of esters is 1. The maximum Gasteiger partial charge on any atom is 0.407 e. The molecule has 6 heteroatoms. The first-order valence-electron chi connectivity index (χ1n) is 5.49. The van der Waals surface area contributed by atoms with Gasteiger partial charge in [0.05, 0.1) is 5.41 Å². The second-order valence-corrected chi connectivity index (χ2v) is 5.39. The number of rotatable bonds is 4. The van der Waals surface area contributed by atoms with E-state index in [4.69, 9.17) is 21.1 Å². The van der Waals surface area contributed by atoms with Crippen molar-refractivity contribution in [2.24, 2.45) is 5.41 Å². The topological polar surface area (TPSA) is 64.6 Å². The van der Waals surface area contributed by atoms with E-state index in [9.17, 15) is 9.59 Å². The summed E-state index contributed by atoms with van der Waals surface area (Å²) in [6.45, 7) is 5.57. The first-order chi connectivity index (χ1) is 7.79. The van der Waals surface area contributed by atoms with E-state index in [2.05, 4.69) is 5.32 Å². The van der Waals surface area contributed by atoms with Crippen LogP contribution in [0.1, 0.15) is 33.6 Å². The number of alkyl halides is 1. The highest BCUT2D eigenvalue weighted by Gasteiger charge is 2.51. The molecule has 98 valence electrons. The van der Waals surface area contributed by atoms with Crippen LogP contribution in [-0.4, -0.2) is 30.3 Å². The van der Waals surface area contributed by atoms with Gasteiger partial charge in [-0.25, -0.2) is 4.79 Å². The largest absolute Gasteiger partial charge is 0.449 e. The molecule has 1 N–H and O–H groups in total. The summed E-state index contributed by atoms with van der Waals surface area (Å²) in [7, 11) is 0. The molecule has 1 fully saturated rings. The number of carbonyl (C=O) groups is 2. The number of carbonyl (C=O) groups excluding carboxylic acids is 2. The average Bonchev–Trinajstić information content (AvgIpc) is 2.93. The van der Waals surface area contributed by atoms with Crippen molar-refractivity contribution in [3.8, 4) is 0 Å². The Morgan fingerprint density at radius 2 is 1.94 bits per heavy atom. The summed E-state index contributed by atoms with van der Waals surface area (Å²) >= 11 is 5.32. The van der Waals surface area contributed by atoms with Gasteiger partial charge in [0.15, 0.2) is 6.07 Å². The second-order valence-electron chi connectivity index (χ2n) is 5.18. The van der Waals surface area contributed by atoms with Gasteiger partial charge in [0.25, 0.3) is 0 Å². The van der Waals surface area contributed by atoms with Crippen molar-refractivity contribution < 1.29 is 19.1 Å². The van der Waals surface area contributed by atoms with Gasteiger partial charge < -0.3 is 14.8 Å². The second kappa shape index (κ2) is 5.12. The molecule has 0 aromatic heterocycles. The van der Waals surface area contributed by atoms with Gasteiger partial charge in [0.2, 0.25) is 0 Å². The SMILES string of the molecule is CC(C)(C)OC(=O)NCC1(C(=O)OCCl)CC1. The average molecular weight is 264 g/mol. The molecule has 1 aliphatic rings. The lowest BCUT2D eigenvalue weighted by Crippen LogP contribution is -2.38. The van der Waals surface area contributed by atoms with Crippen LogP contribution < -0.4 is 5.32 Å². The minimum absolute atomic E-state index is 0.160. The van der Waals surface area contributed by atoms with Crippen LogP contribution in [0.15, 0.2) is 0 Å². The van der Waals surface area contributed by atoms with Crippen LogP contribution >= 0.6 is 11.6 Å². The van der Waals surface area contributed by atoms with Gasteiger partial charge in [-0.1, -0.05) is 11.6 Å². The molecular formula is C11H18ClNO4. The van der Waals surface area contributed by atoms with E-state index in [1.165, 1.54) is 0 Å². The van der Waals surface area contributed by atoms with Crippen molar-refractivity contribution in [3.63, 3.8) is 0 Å². The Balaban J connectivity index is 2.36. The fourth-order valence-corrected chi connectivity index (χ4v) is 1.46. The first-order valence-corrected chi connectivity index (χ1v) is 6.03. The third-order valence-electron chi connectivity index (χ3n) is 2.44. The van der Waals surface area contributed by atoms with Crippen LogP contribution in [0.3, 0.4) is 0 Å². The lowest BCUT2D eigenvalue weighted by molar-refractivity contribution is -0.147. The van der Waals surface area contributed by atoms with Crippen molar-refractivity contribution in [2.45, 2.75) is 39.2 Å². The smallest absolute Gasteiger partial charge is 0.407 e. The minimum Gasteiger partial charge on any atom is -0.449 e. The van der Waals surface area contributed by atoms with Crippen LogP contribution in [0.25, 0.3) is 0 Å². The van der Waals surface area contributed by atoms with E-state index >= 15 is 0 Å². The summed E-state index contributed by atoms with van der Waals surface area (Å²) in [5, 5.41) is 2.58. The fraction of sp³-hybridized carbons (Fsp3) is 0.818. The van der Waals surface area contributed by atoms with Crippen molar-refractivity contribution >= 4 is 23.7 Å². The number of hydrogen-bond acceptors (Lipinski definition) is 4. The molecule has 1 aliphatic carbocycles. The lowest BCUT2D eigenvalue weighted by Gasteiger charge is -2.21. The lowest BCUT2D eigenvalue weighted by atomic mass is 10.1. The molecule has 0 bridgehead atoms. The molecule has 0 spiro atoms. The molecule has 0 aliphatic heterocycles. The van der Waals surface area contributed by atoms with Crippen molar-refractivity contribution in [3.05, 3.63) is 0 Å². The normalized spacial score (nSPS) is 17.2. The third kappa shape index (κ3) is 4.42. The Kier molecular flexibility index (Phi) is 4.25. The summed E-state index contributed by atoms with van der Waals surface area (Å²) in [5.74, 6) is -0.358. The molecule has 17 heavy (non-hydrogen) atoms. The Hall–Kier alpha value is -0.970. The molecule has 0 heterocycles. The number of ether oxygens (including phenoxy) is 2. The third-order valence-corrected chi connectivity index (χ3v) is 2.55. The van der Waals surface area contributed by atoms with Gasteiger partial charge in [-0.05, 0) is 33.6 Å². The van der Waals surface area contributed by atoms with Crippen LogP contribution in [-0.2, 0) is 14.3 Å². The van der Waals surface area contributed by atoms with E-state index in [-0.39, 0.29) is 18.6 Å². The van der Waals surface area contributed by atoms with Gasteiger partial charge in [0.1, 0.15) is 5.60 Å². The van der Waals surface area contributed by atoms with Crippen molar-refractivity contribution in [2.75, 3.05) is 12.6 Å². The van der Waals surface area contributed by atoms with E-state index in [0.717, 1.165) is 0 Å². The number of alkyl carbamates (subject to hydrolysis) is 1. The Morgan fingerprint density at radius 3 is 2.35 bits per heavy atom. The highest BCUT2D eigenvalue weighted by atomic mass is 35.5. The predicted molar refractivity (Wildman–Crippen MR) is 62.7 cm³/mol. The Morgan fingerprint density at radius 1 is 1.35 bits per heavy atom. The molecule has 0 unspecified atom stereocenters. The summed E-state index contributed by atoms with van der Waals surface area (Å²) in [6.07, 6.45) is 0.888. The van der Waals surface area contributed by atoms with Crippen LogP contribution in [0.4, 0.5) is 4.79 Å². The molecule has 0 radical (unpaired) electrons. The quantitative estimate of drug-likeness (QED) is 0.623. The maximum atomic E-state index is 11.5. The highest BCUT2D eigenvalue weighted by Crippen LogP contribution is 2.46. The summed E-state index contributed by atoms with van der Waals surface area (Å²) < 4.78 is 9.81. The molecule has 0 aromatic rings. The predicted octanol–water partition coefficient (Wildman–Crippen LogP) is 2.03. The zero-order chi connectivity index (χ0) is 13.1. The zero-order valence-corrected chi connectivity index (χ0v) is 11.1. The van der Waals surface area contributed by atoms with Crippen molar-refractivity contribution in [1.29, 1.82) is 0 Å². The molecule has 1 amide bonds. The summed E-state index contributed by atoms with van der Waals surface area (Å²) in [5.41, 5.74) is -1.14. The number of amides is 1. The minimum atomic E-state index is -0.591. The Bertz CT molecular complexity index is 307. The molecule has 0 aromatic carbocycles. The van der Waals surface area contributed by atoms with Gasteiger partial charge in [-0.3, -0.25) is 4.79 Å². The highest BCUT2D eigenvalue weighted by molar-refractivity contribution is 6.17. The Labute approximate surface area is 106 Å². The number of nitrogens with one attached hydrogen (secondary N) is 1. The van der Waals surface area contributed by atoms with E-state index < -0.39 is 17.1 Å². The maximum absolute atomic E-state index is 11.5. The molecule has 0 atom stereocenters. The van der Waals surface area contributed by atoms with E-state index in [0.29, 0.717) is 12.8 Å².